The van der Waals surface area contributed by atoms with Crippen LogP contribution in [0.4, 0.5) is 4.79 Å². The Hall–Kier alpha value is -3.14. The fourth-order valence-corrected chi connectivity index (χ4v) is 3.95. The second-order valence-electron chi connectivity index (χ2n) is 7.29. The quantitative estimate of drug-likeness (QED) is 0.614. The van der Waals surface area contributed by atoms with Gasteiger partial charge in [-0.15, -0.1) is 0 Å². The van der Waals surface area contributed by atoms with E-state index in [1.807, 2.05) is 0 Å². The maximum Gasteiger partial charge on any atom is 0.405 e. The maximum atomic E-state index is 12.7. The fourth-order valence-electron chi connectivity index (χ4n) is 3.95. The van der Waals surface area contributed by atoms with Crippen LogP contribution in [0.15, 0.2) is 18.2 Å². The number of hydrogen-bond donors (Lipinski definition) is 3. The molecule has 0 radical (unpaired) electrons. The highest BCUT2D eigenvalue weighted by atomic mass is 16.5. The van der Waals surface area contributed by atoms with Crippen LogP contribution >= 0.6 is 0 Å². The number of benzene rings is 1. The Balaban J connectivity index is 1.48. The van der Waals surface area contributed by atoms with Gasteiger partial charge in [-0.2, -0.15) is 0 Å². The molecule has 1 aromatic carbocycles. The summed E-state index contributed by atoms with van der Waals surface area (Å²) in [6.07, 6.45) is -0.497. The van der Waals surface area contributed by atoms with Crippen molar-refractivity contribution in [1.29, 1.82) is 0 Å². The molecule has 0 bridgehead atoms. The van der Waals surface area contributed by atoms with E-state index in [0.29, 0.717) is 30.8 Å². The van der Waals surface area contributed by atoms with E-state index in [4.69, 9.17) is 14.6 Å². The third-order valence-electron chi connectivity index (χ3n) is 5.38. The van der Waals surface area contributed by atoms with E-state index in [2.05, 4.69) is 10.6 Å². The molecule has 3 aliphatic rings. The SMILES string of the molecule is O=C(O)N[C@H]1COCC[C@@H]1Oc1ccc2c(c1)CN(C1CCC(=O)NC1=O)C2=O. The lowest BCUT2D eigenvalue weighted by molar-refractivity contribution is -0.136. The molecule has 4 rings (SSSR count). The number of fused-ring (bicyclic) bond motifs is 1. The summed E-state index contributed by atoms with van der Waals surface area (Å²) in [5.41, 5.74) is 1.22. The molecule has 10 nitrogen and oxygen atoms in total. The van der Waals surface area contributed by atoms with Crippen LogP contribution in [0.2, 0.25) is 0 Å². The first kappa shape index (κ1) is 19.2. The van der Waals surface area contributed by atoms with E-state index in [1.54, 1.807) is 18.2 Å². The third-order valence-corrected chi connectivity index (χ3v) is 5.38. The van der Waals surface area contributed by atoms with Crippen molar-refractivity contribution in [3.63, 3.8) is 0 Å². The Morgan fingerprint density at radius 1 is 1.28 bits per heavy atom. The number of imide groups is 1. The molecule has 0 spiro atoms. The summed E-state index contributed by atoms with van der Waals surface area (Å²) in [4.78, 5) is 48.7. The molecule has 0 aliphatic carbocycles. The van der Waals surface area contributed by atoms with Gasteiger partial charge in [-0.25, -0.2) is 4.79 Å². The second kappa shape index (κ2) is 7.70. The zero-order valence-corrected chi connectivity index (χ0v) is 15.6. The number of rotatable bonds is 4. The van der Waals surface area contributed by atoms with Crippen LogP contribution in [0, 0.1) is 0 Å². The number of nitrogens with zero attached hydrogens (tertiary/aromatic N) is 1. The third kappa shape index (κ3) is 3.88. The lowest BCUT2D eigenvalue weighted by Crippen LogP contribution is -2.52. The van der Waals surface area contributed by atoms with Gasteiger partial charge in [-0.05, 0) is 30.2 Å². The maximum absolute atomic E-state index is 12.7. The van der Waals surface area contributed by atoms with Gasteiger partial charge in [0, 0.05) is 24.9 Å². The van der Waals surface area contributed by atoms with E-state index in [0.717, 1.165) is 5.56 Å². The van der Waals surface area contributed by atoms with Gasteiger partial charge in [0.15, 0.2) is 0 Å². The van der Waals surface area contributed by atoms with E-state index in [1.165, 1.54) is 4.90 Å². The molecule has 0 aromatic heterocycles. The summed E-state index contributed by atoms with van der Waals surface area (Å²) in [6, 6.07) is 3.90. The number of hydrogen-bond acceptors (Lipinski definition) is 6. The molecule has 1 aromatic rings. The van der Waals surface area contributed by atoms with E-state index in [-0.39, 0.29) is 37.5 Å². The number of carboxylic acid groups (broad SMARTS) is 1. The number of amides is 4. The minimum atomic E-state index is -1.14. The van der Waals surface area contributed by atoms with Crippen molar-refractivity contribution < 1.29 is 33.8 Å². The smallest absolute Gasteiger partial charge is 0.405 e. The Bertz CT molecular complexity index is 871. The molecule has 2 saturated heterocycles. The largest absolute Gasteiger partial charge is 0.488 e. The first-order valence-electron chi connectivity index (χ1n) is 9.44. The molecule has 3 heterocycles. The van der Waals surface area contributed by atoms with E-state index >= 15 is 0 Å². The van der Waals surface area contributed by atoms with Crippen molar-refractivity contribution in [2.45, 2.75) is 44.0 Å². The first-order chi connectivity index (χ1) is 13.9. The Labute approximate surface area is 166 Å². The molecule has 10 heteroatoms. The zero-order valence-electron chi connectivity index (χ0n) is 15.6. The summed E-state index contributed by atoms with van der Waals surface area (Å²) >= 11 is 0. The molecular weight excluding hydrogens is 382 g/mol. The molecule has 29 heavy (non-hydrogen) atoms. The van der Waals surface area contributed by atoms with Gasteiger partial charge in [-0.3, -0.25) is 19.7 Å². The molecule has 3 N–H and O–H groups in total. The van der Waals surface area contributed by atoms with Gasteiger partial charge in [0.25, 0.3) is 5.91 Å². The number of piperidine rings is 1. The van der Waals surface area contributed by atoms with Crippen molar-refractivity contribution in [3.05, 3.63) is 29.3 Å². The number of nitrogens with one attached hydrogen (secondary N) is 2. The first-order valence-corrected chi connectivity index (χ1v) is 9.44. The van der Waals surface area contributed by atoms with Gasteiger partial charge < -0.3 is 24.8 Å². The van der Waals surface area contributed by atoms with Gasteiger partial charge in [-0.1, -0.05) is 0 Å². The van der Waals surface area contributed by atoms with E-state index in [9.17, 15) is 19.2 Å². The molecule has 1 unspecified atom stereocenters. The van der Waals surface area contributed by atoms with Gasteiger partial charge in [0.2, 0.25) is 11.8 Å². The Morgan fingerprint density at radius 3 is 2.86 bits per heavy atom. The molecule has 0 saturated carbocycles. The average molecular weight is 403 g/mol. The summed E-state index contributed by atoms with van der Waals surface area (Å²) in [6.45, 7) is 0.946. The van der Waals surface area contributed by atoms with Crippen LogP contribution in [0.1, 0.15) is 35.2 Å². The minimum absolute atomic E-state index is 0.201. The van der Waals surface area contributed by atoms with Crippen LogP contribution in [0.25, 0.3) is 0 Å². The van der Waals surface area contributed by atoms with Crippen molar-refractivity contribution in [2.24, 2.45) is 0 Å². The summed E-state index contributed by atoms with van der Waals surface area (Å²) < 4.78 is 11.3. The predicted octanol–water partition coefficient (Wildman–Crippen LogP) is 0.251. The van der Waals surface area contributed by atoms with Crippen molar-refractivity contribution >= 4 is 23.8 Å². The monoisotopic (exact) mass is 403 g/mol. The topological polar surface area (TPSA) is 134 Å². The highest BCUT2D eigenvalue weighted by Crippen LogP contribution is 2.31. The fraction of sp³-hybridized carbons (Fsp3) is 0.474. The molecule has 2 fully saturated rings. The summed E-state index contributed by atoms with van der Waals surface area (Å²) in [7, 11) is 0. The number of carbonyl (C=O) groups is 4. The van der Waals surface area contributed by atoms with Gasteiger partial charge in [0.05, 0.1) is 19.3 Å². The van der Waals surface area contributed by atoms with Crippen molar-refractivity contribution in [2.75, 3.05) is 13.2 Å². The average Bonchev–Trinajstić information content (AvgIpc) is 2.99. The second-order valence-corrected chi connectivity index (χ2v) is 7.29. The van der Waals surface area contributed by atoms with Gasteiger partial charge >= 0.3 is 6.09 Å². The summed E-state index contributed by atoms with van der Waals surface area (Å²) in [5, 5.41) is 13.7. The molecule has 4 amide bonds. The van der Waals surface area contributed by atoms with Crippen LogP contribution in [0.3, 0.4) is 0 Å². The predicted molar refractivity (Wildman–Crippen MR) is 97.3 cm³/mol. The van der Waals surface area contributed by atoms with Crippen LogP contribution in [-0.2, 0) is 20.9 Å². The molecular formula is C19H21N3O7. The van der Waals surface area contributed by atoms with Crippen LogP contribution in [0.5, 0.6) is 5.75 Å². The van der Waals surface area contributed by atoms with Gasteiger partial charge in [0.1, 0.15) is 17.9 Å². The van der Waals surface area contributed by atoms with Crippen LogP contribution in [-0.4, -0.2) is 65.2 Å². The van der Waals surface area contributed by atoms with E-state index < -0.39 is 24.1 Å². The van der Waals surface area contributed by atoms with Crippen molar-refractivity contribution in [1.82, 2.24) is 15.5 Å². The van der Waals surface area contributed by atoms with Crippen molar-refractivity contribution in [3.8, 4) is 5.75 Å². The minimum Gasteiger partial charge on any atom is -0.488 e. The standard InChI is InChI=1S/C19H21N3O7/c23-16-4-3-14(17(24)21-16)22-8-10-7-11(1-2-12(10)18(22)25)29-15-5-6-28-9-13(15)20-19(26)27/h1-2,7,13-15,20H,3-6,8-9H2,(H,26,27)(H,21,23,24)/t13-,14?,15-/m0/s1. The number of ether oxygens (including phenoxy) is 2. The number of carbonyl (C=O) groups excluding carboxylic acids is 3. The molecule has 3 aliphatic heterocycles. The highest BCUT2D eigenvalue weighted by molar-refractivity contribution is 6.05. The lowest BCUT2D eigenvalue weighted by Gasteiger charge is -2.31. The Kier molecular flexibility index (Phi) is 5.10. The van der Waals surface area contributed by atoms with Crippen LogP contribution < -0.4 is 15.4 Å². The Morgan fingerprint density at radius 2 is 2.10 bits per heavy atom. The zero-order chi connectivity index (χ0) is 20.5. The highest BCUT2D eigenvalue weighted by Gasteiger charge is 2.39. The molecule has 3 atom stereocenters. The molecule has 154 valence electrons. The summed E-state index contributed by atoms with van der Waals surface area (Å²) in [5.74, 6) is -0.515. The normalized spacial score (nSPS) is 26.7. The lowest BCUT2D eigenvalue weighted by atomic mass is 10.0.